The SMILES string of the molecule is CCc1cc(C(=O)NCC(C)C#N)cc(Cl)n1. The summed E-state index contributed by atoms with van der Waals surface area (Å²) >= 11 is 5.82. The third-order valence-electron chi connectivity index (χ3n) is 2.26. The first-order chi connectivity index (χ1) is 8.06. The number of pyridine rings is 1. The molecule has 0 aliphatic heterocycles. The topological polar surface area (TPSA) is 65.8 Å². The smallest absolute Gasteiger partial charge is 0.251 e. The van der Waals surface area contributed by atoms with Gasteiger partial charge in [0.25, 0.3) is 5.91 Å². The van der Waals surface area contributed by atoms with Gasteiger partial charge in [-0.2, -0.15) is 5.26 Å². The summed E-state index contributed by atoms with van der Waals surface area (Å²) in [5.41, 5.74) is 1.25. The average molecular weight is 252 g/mol. The molecule has 0 aliphatic rings. The van der Waals surface area contributed by atoms with Gasteiger partial charge in [0.15, 0.2) is 0 Å². The second-order valence-corrected chi connectivity index (χ2v) is 4.15. The van der Waals surface area contributed by atoms with Crippen LogP contribution in [0.1, 0.15) is 29.9 Å². The largest absolute Gasteiger partial charge is 0.351 e. The number of halogens is 1. The van der Waals surface area contributed by atoms with Crippen LogP contribution in [0, 0.1) is 17.2 Å². The number of aromatic nitrogens is 1. The highest BCUT2D eigenvalue weighted by Gasteiger charge is 2.09. The zero-order chi connectivity index (χ0) is 12.8. The maximum Gasteiger partial charge on any atom is 0.251 e. The van der Waals surface area contributed by atoms with Crippen molar-refractivity contribution in [3.63, 3.8) is 0 Å². The molecule has 1 aromatic rings. The minimum atomic E-state index is -0.230. The molecule has 0 saturated carbocycles. The van der Waals surface area contributed by atoms with E-state index >= 15 is 0 Å². The van der Waals surface area contributed by atoms with Crippen LogP contribution >= 0.6 is 11.6 Å². The summed E-state index contributed by atoms with van der Waals surface area (Å²) in [6.45, 7) is 4.02. The van der Waals surface area contributed by atoms with E-state index in [9.17, 15) is 4.79 Å². The minimum Gasteiger partial charge on any atom is -0.351 e. The van der Waals surface area contributed by atoms with E-state index in [1.807, 2.05) is 6.92 Å². The lowest BCUT2D eigenvalue weighted by Gasteiger charge is -2.07. The Morgan fingerprint density at radius 2 is 2.35 bits per heavy atom. The van der Waals surface area contributed by atoms with Crippen LogP contribution in [0.5, 0.6) is 0 Å². The molecular weight excluding hydrogens is 238 g/mol. The predicted molar refractivity (Wildman–Crippen MR) is 65.7 cm³/mol. The molecule has 0 bridgehead atoms. The number of hydrogen-bond acceptors (Lipinski definition) is 3. The summed E-state index contributed by atoms with van der Waals surface area (Å²) in [6.07, 6.45) is 0.718. The van der Waals surface area contributed by atoms with Crippen molar-refractivity contribution >= 4 is 17.5 Å². The fourth-order valence-corrected chi connectivity index (χ4v) is 1.48. The second kappa shape index (κ2) is 6.21. The zero-order valence-electron chi connectivity index (χ0n) is 9.83. The quantitative estimate of drug-likeness (QED) is 0.835. The molecule has 1 atom stereocenters. The van der Waals surface area contributed by atoms with Crippen molar-refractivity contribution in [2.75, 3.05) is 6.54 Å². The van der Waals surface area contributed by atoms with Crippen molar-refractivity contribution in [2.45, 2.75) is 20.3 Å². The number of aryl methyl sites for hydroxylation is 1. The van der Waals surface area contributed by atoms with Gasteiger partial charge in [-0.1, -0.05) is 18.5 Å². The monoisotopic (exact) mass is 251 g/mol. The number of nitrogens with one attached hydrogen (secondary N) is 1. The molecule has 4 nitrogen and oxygen atoms in total. The first-order valence-corrected chi connectivity index (χ1v) is 5.79. The molecule has 1 heterocycles. The number of rotatable bonds is 4. The molecule has 1 amide bonds. The lowest BCUT2D eigenvalue weighted by Crippen LogP contribution is -2.27. The van der Waals surface area contributed by atoms with E-state index in [1.54, 1.807) is 13.0 Å². The highest BCUT2D eigenvalue weighted by Crippen LogP contribution is 2.11. The maximum absolute atomic E-state index is 11.8. The summed E-state index contributed by atoms with van der Waals surface area (Å²) in [7, 11) is 0. The van der Waals surface area contributed by atoms with Crippen LogP contribution in [0.3, 0.4) is 0 Å². The van der Waals surface area contributed by atoms with E-state index in [4.69, 9.17) is 16.9 Å². The Bertz CT molecular complexity index is 454. The summed E-state index contributed by atoms with van der Waals surface area (Å²) < 4.78 is 0. The van der Waals surface area contributed by atoms with Crippen molar-refractivity contribution < 1.29 is 4.79 Å². The molecule has 1 unspecified atom stereocenters. The van der Waals surface area contributed by atoms with Crippen LogP contribution in [0.4, 0.5) is 0 Å². The lowest BCUT2D eigenvalue weighted by atomic mass is 10.1. The van der Waals surface area contributed by atoms with Gasteiger partial charge in [0, 0.05) is 17.8 Å². The normalized spacial score (nSPS) is 11.6. The van der Waals surface area contributed by atoms with Crippen LogP contribution < -0.4 is 5.32 Å². The number of nitriles is 1. The van der Waals surface area contributed by atoms with Crippen molar-refractivity contribution in [3.05, 3.63) is 28.5 Å². The van der Waals surface area contributed by atoms with E-state index in [0.29, 0.717) is 17.3 Å². The number of carbonyl (C=O) groups is 1. The molecule has 1 rings (SSSR count). The van der Waals surface area contributed by atoms with Gasteiger partial charge >= 0.3 is 0 Å². The zero-order valence-corrected chi connectivity index (χ0v) is 10.6. The molecule has 17 heavy (non-hydrogen) atoms. The molecule has 1 aromatic heterocycles. The molecule has 5 heteroatoms. The minimum absolute atomic E-state index is 0.207. The Labute approximate surface area is 106 Å². The number of nitrogens with zero attached hydrogens (tertiary/aromatic N) is 2. The van der Waals surface area contributed by atoms with Crippen LogP contribution in [-0.2, 0) is 6.42 Å². The average Bonchev–Trinajstić information content (AvgIpc) is 2.34. The van der Waals surface area contributed by atoms with Crippen LogP contribution in [0.2, 0.25) is 5.15 Å². The molecular formula is C12H14ClN3O. The van der Waals surface area contributed by atoms with Gasteiger partial charge in [-0.05, 0) is 25.5 Å². The molecule has 0 saturated heterocycles. The van der Waals surface area contributed by atoms with E-state index in [0.717, 1.165) is 12.1 Å². The van der Waals surface area contributed by atoms with E-state index in [2.05, 4.69) is 16.4 Å². The summed E-state index contributed by atoms with van der Waals surface area (Å²) in [5.74, 6) is -0.437. The van der Waals surface area contributed by atoms with Gasteiger partial charge in [0.05, 0.1) is 12.0 Å². The van der Waals surface area contributed by atoms with Gasteiger partial charge in [-0.15, -0.1) is 0 Å². The fourth-order valence-electron chi connectivity index (χ4n) is 1.26. The van der Waals surface area contributed by atoms with Gasteiger partial charge in [0.2, 0.25) is 0 Å². The Kier molecular flexibility index (Phi) is 4.92. The van der Waals surface area contributed by atoms with Crippen molar-refractivity contribution in [2.24, 2.45) is 5.92 Å². The van der Waals surface area contributed by atoms with Crippen LogP contribution in [0.15, 0.2) is 12.1 Å². The molecule has 1 N–H and O–H groups in total. The molecule has 0 aliphatic carbocycles. The van der Waals surface area contributed by atoms with Crippen molar-refractivity contribution in [3.8, 4) is 6.07 Å². The highest BCUT2D eigenvalue weighted by atomic mass is 35.5. The summed E-state index contributed by atoms with van der Waals surface area (Å²) in [5, 5.41) is 11.6. The van der Waals surface area contributed by atoms with Gasteiger partial charge in [-0.25, -0.2) is 4.98 Å². The van der Waals surface area contributed by atoms with E-state index < -0.39 is 0 Å². The fraction of sp³-hybridized carbons (Fsp3) is 0.417. The Hall–Kier alpha value is -1.60. The van der Waals surface area contributed by atoms with Gasteiger partial charge in [-0.3, -0.25) is 4.79 Å². The summed E-state index contributed by atoms with van der Waals surface area (Å²) in [4.78, 5) is 15.9. The van der Waals surface area contributed by atoms with Crippen molar-refractivity contribution in [1.29, 1.82) is 5.26 Å². The van der Waals surface area contributed by atoms with Crippen LogP contribution in [0.25, 0.3) is 0 Å². The first kappa shape index (κ1) is 13.5. The van der Waals surface area contributed by atoms with Crippen molar-refractivity contribution in [1.82, 2.24) is 10.3 Å². The predicted octanol–water partition coefficient (Wildman–Crippen LogP) is 2.19. The number of amides is 1. The standard InChI is InChI=1S/C12H14ClN3O/c1-3-10-4-9(5-11(13)16-10)12(17)15-7-8(2)6-14/h4-5,8H,3,7H2,1-2H3,(H,15,17). The summed E-state index contributed by atoms with van der Waals surface area (Å²) in [6, 6.07) is 5.28. The third kappa shape index (κ3) is 4.04. The van der Waals surface area contributed by atoms with E-state index in [-0.39, 0.29) is 11.8 Å². The molecule has 0 aromatic carbocycles. The molecule has 90 valence electrons. The van der Waals surface area contributed by atoms with Gasteiger partial charge in [0.1, 0.15) is 5.15 Å². The van der Waals surface area contributed by atoms with Crippen LogP contribution in [-0.4, -0.2) is 17.4 Å². The Balaban J connectivity index is 2.75. The lowest BCUT2D eigenvalue weighted by molar-refractivity contribution is 0.0950. The third-order valence-corrected chi connectivity index (χ3v) is 2.45. The maximum atomic E-state index is 11.8. The Morgan fingerprint density at radius 1 is 1.65 bits per heavy atom. The Morgan fingerprint density at radius 3 is 2.94 bits per heavy atom. The van der Waals surface area contributed by atoms with Gasteiger partial charge < -0.3 is 5.32 Å². The number of hydrogen-bond donors (Lipinski definition) is 1. The highest BCUT2D eigenvalue weighted by molar-refractivity contribution is 6.29. The van der Waals surface area contributed by atoms with E-state index in [1.165, 1.54) is 6.07 Å². The first-order valence-electron chi connectivity index (χ1n) is 5.41. The second-order valence-electron chi connectivity index (χ2n) is 3.76. The molecule has 0 radical (unpaired) electrons. The molecule has 0 spiro atoms. The number of carbonyl (C=O) groups excluding carboxylic acids is 1. The molecule has 0 fully saturated rings.